The number of rotatable bonds is 2. The fraction of sp³-hybridized carbons (Fsp3) is 0.636. The van der Waals surface area contributed by atoms with Gasteiger partial charge in [-0.05, 0) is 19.9 Å². The molecule has 2 atom stereocenters. The summed E-state index contributed by atoms with van der Waals surface area (Å²) >= 11 is 5.83. The smallest absolute Gasteiger partial charge is 0.240 e. The van der Waals surface area contributed by atoms with E-state index < -0.39 is 5.38 Å². The number of halogens is 1. The van der Waals surface area contributed by atoms with E-state index in [1.807, 2.05) is 17.7 Å². The van der Waals surface area contributed by atoms with Crippen LogP contribution in [0.5, 0.6) is 0 Å². The molecule has 1 aliphatic heterocycles. The van der Waals surface area contributed by atoms with Crippen LogP contribution >= 0.6 is 11.6 Å². The Bertz CT molecular complexity index is 430. The second-order valence-electron chi connectivity index (χ2n) is 4.40. The molecule has 2 heterocycles. The van der Waals surface area contributed by atoms with Gasteiger partial charge in [0, 0.05) is 6.04 Å². The molecule has 0 unspecified atom stereocenters. The summed E-state index contributed by atoms with van der Waals surface area (Å²) in [6.45, 7) is 4.73. The first-order chi connectivity index (χ1) is 8.02. The summed E-state index contributed by atoms with van der Waals surface area (Å²) in [5.74, 6) is -0.0582. The van der Waals surface area contributed by atoms with E-state index in [4.69, 9.17) is 16.7 Å². The number of aliphatic hydroxyl groups excluding tert-OH is 1. The zero-order valence-electron chi connectivity index (χ0n) is 9.93. The number of carbonyl (C=O) groups is 1. The first-order valence-electron chi connectivity index (χ1n) is 5.64. The normalized spacial score (nSPS) is 21.2. The lowest BCUT2D eigenvalue weighted by Crippen LogP contribution is -2.47. The summed E-state index contributed by atoms with van der Waals surface area (Å²) < 4.78 is 1.85. The molecule has 0 aromatic carbocycles. The average Bonchev–Trinajstić information content (AvgIpc) is 2.68. The summed E-state index contributed by atoms with van der Waals surface area (Å²) in [5.41, 5.74) is 1.58. The van der Waals surface area contributed by atoms with Crippen LogP contribution in [-0.4, -0.2) is 37.1 Å². The van der Waals surface area contributed by atoms with Crippen LogP contribution in [0.3, 0.4) is 0 Å². The molecule has 1 N–H and O–H groups in total. The Balaban J connectivity index is 2.23. The van der Waals surface area contributed by atoms with Crippen molar-refractivity contribution < 1.29 is 9.90 Å². The number of carbonyl (C=O) groups excluding carboxylic acids is 1. The van der Waals surface area contributed by atoms with Crippen LogP contribution < -0.4 is 0 Å². The van der Waals surface area contributed by atoms with Crippen molar-refractivity contribution in [2.75, 3.05) is 0 Å². The zero-order valence-corrected chi connectivity index (χ0v) is 10.7. The number of hydrogen-bond acceptors (Lipinski definition) is 3. The molecule has 1 aromatic rings. The first kappa shape index (κ1) is 12.4. The van der Waals surface area contributed by atoms with Crippen LogP contribution in [0.2, 0.25) is 0 Å². The van der Waals surface area contributed by atoms with Crippen LogP contribution in [-0.2, 0) is 24.5 Å². The summed E-state index contributed by atoms with van der Waals surface area (Å²) in [7, 11) is 0. The summed E-state index contributed by atoms with van der Waals surface area (Å²) in [6, 6.07) is 1.90. The van der Waals surface area contributed by atoms with E-state index in [0.29, 0.717) is 18.8 Å². The third-order valence-corrected chi connectivity index (χ3v) is 3.19. The van der Waals surface area contributed by atoms with Crippen molar-refractivity contribution in [3.05, 3.63) is 17.5 Å². The van der Waals surface area contributed by atoms with Crippen LogP contribution in [0.4, 0.5) is 0 Å². The first-order valence-corrected chi connectivity index (χ1v) is 6.07. The molecule has 0 aliphatic carbocycles. The number of alkyl halides is 1. The Morgan fingerprint density at radius 1 is 1.76 bits per heavy atom. The van der Waals surface area contributed by atoms with Crippen molar-refractivity contribution in [2.45, 2.75) is 45.0 Å². The van der Waals surface area contributed by atoms with E-state index in [2.05, 4.69) is 5.10 Å². The molecule has 17 heavy (non-hydrogen) atoms. The van der Waals surface area contributed by atoms with Crippen LogP contribution in [0.25, 0.3) is 0 Å². The van der Waals surface area contributed by atoms with Crippen molar-refractivity contribution >= 4 is 17.5 Å². The number of aromatic nitrogens is 2. The Labute approximate surface area is 105 Å². The van der Waals surface area contributed by atoms with E-state index in [1.54, 1.807) is 11.8 Å². The van der Waals surface area contributed by atoms with Crippen LogP contribution in [0.15, 0.2) is 6.07 Å². The van der Waals surface area contributed by atoms with E-state index in [1.165, 1.54) is 0 Å². The molecule has 0 saturated heterocycles. The summed E-state index contributed by atoms with van der Waals surface area (Å²) in [6.07, 6.45) is 0. The third-order valence-electron chi connectivity index (χ3n) is 3.00. The quantitative estimate of drug-likeness (QED) is 0.795. The lowest BCUT2D eigenvalue weighted by Gasteiger charge is -2.34. The molecule has 5 nitrogen and oxygen atoms in total. The number of amides is 1. The number of nitrogens with zero attached hydrogens (tertiary/aromatic N) is 3. The van der Waals surface area contributed by atoms with Crippen LogP contribution in [0, 0.1) is 0 Å². The lowest BCUT2D eigenvalue weighted by molar-refractivity contribution is -0.134. The van der Waals surface area contributed by atoms with Gasteiger partial charge in [0.25, 0.3) is 0 Å². The predicted octanol–water partition coefficient (Wildman–Crippen LogP) is 0.733. The average molecular weight is 258 g/mol. The van der Waals surface area contributed by atoms with Gasteiger partial charge in [0.1, 0.15) is 5.38 Å². The Hall–Kier alpha value is -1.07. The van der Waals surface area contributed by atoms with Gasteiger partial charge in [0.05, 0.1) is 31.1 Å². The van der Waals surface area contributed by atoms with Gasteiger partial charge in [-0.25, -0.2) is 0 Å². The van der Waals surface area contributed by atoms with Gasteiger partial charge >= 0.3 is 0 Å². The standard InChI is InChI=1S/C11H16ClN3O2/c1-7-4-15-10(3-9(6-16)13-15)5-14(7)11(17)8(2)12/h3,7-8,16H,4-6H2,1-2H3/t7-,8-/m0/s1. The highest BCUT2D eigenvalue weighted by Gasteiger charge is 2.29. The van der Waals surface area contributed by atoms with E-state index >= 15 is 0 Å². The molecular formula is C11H16ClN3O2. The monoisotopic (exact) mass is 257 g/mol. The third kappa shape index (κ3) is 2.30. The summed E-state index contributed by atoms with van der Waals surface area (Å²) in [4.78, 5) is 13.7. The second-order valence-corrected chi connectivity index (χ2v) is 5.05. The molecule has 0 spiro atoms. The fourth-order valence-corrected chi connectivity index (χ4v) is 2.21. The van der Waals surface area contributed by atoms with Crippen molar-refractivity contribution in [3.8, 4) is 0 Å². The molecule has 0 radical (unpaired) electrons. The predicted molar refractivity (Wildman–Crippen MR) is 63.5 cm³/mol. The molecule has 0 fully saturated rings. The maximum absolute atomic E-state index is 11.9. The molecule has 0 bridgehead atoms. The highest BCUT2D eigenvalue weighted by Crippen LogP contribution is 2.20. The molecule has 1 aliphatic rings. The zero-order chi connectivity index (χ0) is 12.6. The van der Waals surface area contributed by atoms with Crippen molar-refractivity contribution in [1.82, 2.24) is 14.7 Å². The SMILES string of the molecule is C[C@H](Cl)C(=O)N1Cc2cc(CO)nn2C[C@@H]1C. The molecular weight excluding hydrogens is 242 g/mol. The lowest BCUT2D eigenvalue weighted by atomic mass is 10.2. The van der Waals surface area contributed by atoms with Gasteiger partial charge in [0.2, 0.25) is 5.91 Å². The van der Waals surface area contributed by atoms with Crippen molar-refractivity contribution in [2.24, 2.45) is 0 Å². The molecule has 1 aromatic heterocycles. The summed E-state index contributed by atoms with van der Waals surface area (Å²) in [5, 5.41) is 12.8. The number of aliphatic hydroxyl groups is 1. The van der Waals surface area contributed by atoms with Gasteiger partial charge < -0.3 is 10.0 Å². The van der Waals surface area contributed by atoms with Gasteiger partial charge in [-0.15, -0.1) is 11.6 Å². The topological polar surface area (TPSA) is 58.4 Å². The van der Waals surface area contributed by atoms with E-state index in [-0.39, 0.29) is 18.6 Å². The maximum Gasteiger partial charge on any atom is 0.240 e. The van der Waals surface area contributed by atoms with Crippen molar-refractivity contribution in [3.63, 3.8) is 0 Å². The molecule has 1 amide bonds. The molecule has 0 saturated carbocycles. The maximum atomic E-state index is 11.9. The minimum Gasteiger partial charge on any atom is -0.390 e. The molecule has 94 valence electrons. The highest BCUT2D eigenvalue weighted by molar-refractivity contribution is 6.30. The number of fused-ring (bicyclic) bond motifs is 1. The van der Waals surface area contributed by atoms with E-state index in [0.717, 1.165) is 5.69 Å². The Morgan fingerprint density at radius 2 is 2.47 bits per heavy atom. The van der Waals surface area contributed by atoms with Gasteiger partial charge in [0.15, 0.2) is 0 Å². The minimum atomic E-state index is -0.510. The largest absolute Gasteiger partial charge is 0.390 e. The van der Waals surface area contributed by atoms with Gasteiger partial charge in [-0.3, -0.25) is 9.48 Å². The Kier molecular flexibility index (Phi) is 3.40. The minimum absolute atomic E-state index is 0.0582. The van der Waals surface area contributed by atoms with Crippen molar-refractivity contribution in [1.29, 1.82) is 0 Å². The van der Waals surface area contributed by atoms with E-state index in [9.17, 15) is 4.79 Å². The second kappa shape index (κ2) is 4.66. The molecule has 2 rings (SSSR count). The Morgan fingerprint density at radius 3 is 3.06 bits per heavy atom. The van der Waals surface area contributed by atoms with Crippen LogP contribution in [0.1, 0.15) is 25.2 Å². The molecule has 6 heteroatoms. The fourth-order valence-electron chi connectivity index (χ4n) is 2.08. The van der Waals surface area contributed by atoms with Gasteiger partial charge in [-0.2, -0.15) is 5.10 Å². The highest BCUT2D eigenvalue weighted by atomic mass is 35.5. The number of hydrogen-bond donors (Lipinski definition) is 1. The van der Waals surface area contributed by atoms with Gasteiger partial charge in [-0.1, -0.05) is 0 Å².